The number of aryl methyl sites for hydroxylation is 1. The van der Waals surface area contributed by atoms with Crippen molar-refractivity contribution in [3.05, 3.63) is 59.7 Å². The zero-order valence-corrected chi connectivity index (χ0v) is 11.1. The van der Waals surface area contributed by atoms with Crippen molar-refractivity contribution in [2.24, 2.45) is 5.10 Å². The summed E-state index contributed by atoms with van der Waals surface area (Å²) >= 11 is 0. The predicted octanol–water partition coefficient (Wildman–Crippen LogP) is 3.56. The van der Waals surface area contributed by atoms with Gasteiger partial charge in [0.25, 0.3) is 0 Å². The number of nitrogens with zero attached hydrogens (tertiary/aromatic N) is 2. The topological polar surface area (TPSA) is 15.6 Å². The van der Waals surface area contributed by atoms with Crippen LogP contribution < -0.4 is 0 Å². The minimum absolute atomic E-state index is 1.11. The average Bonchev–Trinajstić information content (AvgIpc) is 2.38. The van der Waals surface area contributed by atoms with Gasteiger partial charge in [0.05, 0.1) is 6.21 Å². The third kappa shape index (κ3) is 2.98. The lowest BCUT2D eigenvalue weighted by molar-refractivity contribution is 0.440. The van der Waals surface area contributed by atoms with Crippen LogP contribution in [-0.4, -0.2) is 25.3 Å². The van der Waals surface area contributed by atoms with E-state index in [4.69, 9.17) is 0 Å². The van der Waals surface area contributed by atoms with Gasteiger partial charge in [-0.25, -0.2) is 0 Å². The minimum Gasteiger partial charge on any atom is -0.303 e. The second-order valence-corrected chi connectivity index (χ2v) is 4.53. The van der Waals surface area contributed by atoms with Crippen LogP contribution in [0.25, 0.3) is 11.1 Å². The van der Waals surface area contributed by atoms with E-state index in [2.05, 4.69) is 60.6 Å². The van der Waals surface area contributed by atoms with Gasteiger partial charge in [-0.2, -0.15) is 5.10 Å². The number of hydrogen-bond acceptors (Lipinski definition) is 2. The van der Waals surface area contributed by atoms with Crippen LogP contribution in [0.2, 0.25) is 0 Å². The Kier molecular flexibility index (Phi) is 3.78. The van der Waals surface area contributed by atoms with Gasteiger partial charge in [0.2, 0.25) is 0 Å². The van der Waals surface area contributed by atoms with Crippen LogP contribution in [0.5, 0.6) is 0 Å². The van der Waals surface area contributed by atoms with E-state index in [-0.39, 0.29) is 0 Å². The molecule has 2 nitrogen and oxygen atoms in total. The molecule has 2 aromatic carbocycles. The quantitative estimate of drug-likeness (QED) is 0.589. The molecule has 0 aliphatic carbocycles. The Balaban J connectivity index is 2.25. The molecule has 0 saturated heterocycles. The molecule has 18 heavy (non-hydrogen) atoms. The molecule has 0 fully saturated rings. The monoisotopic (exact) mass is 238 g/mol. The van der Waals surface area contributed by atoms with Crippen molar-refractivity contribution >= 4 is 6.21 Å². The highest BCUT2D eigenvalue weighted by atomic mass is 15.4. The average molecular weight is 238 g/mol. The molecule has 0 bridgehead atoms. The smallest absolute Gasteiger partial charge is 0.0542 e. The van der Waals surface area contributed by atoms with Crippen molar-refractivity contribution in [1.82, 2.24) is 5.01 Å². The lowest BCUT2D eigenvalue weighted by Gasteiger charge is -2.06. The van der Waals surface area contributed by atoms with Crippen LogP contribution in [0.4, 0.5) is 0 Å². The first-order valence-electron chi connectivity index (χ1n) is 6.04. The molecule has 0 unspecified atom stereocenters. The van der Waals surface area contributed by atoms with E-state index in [0.717, 1.165) is 5.56 Å². The SMILES string of the molecule is Cc1ccccc1-c1ccc(C=NN(C)C)cc1. The Bertz CT molecular complexity index is 539. The molecule has 0 saturated carbocycles. The molecule has 0 aromatic heterocycles. The maximum Gasteiger partial charge on any atom is 0.0542 e. The molecule has 0 heterocycles. The van der Waals surface area contributed by atoms with Gasteiger partial charge < -0.3 is 5.01 Å². The number of benzene rings is 2. The molecule has 2 heteroatoms. The Hall–Kier alpha value is -2.09. The second-order valence-electron chi connectivity index (χ2n) is 4.53. The molecule has 0 aliphatic heterocycles. The summed E-state index contributed by atoms with van der Waals surface area (Å²) in [5.74, 6) is 0. The van der Waals surface area contributed by atoms with E-state index in [9.17, 15) is 0 Å². The number of hydrogen-bond donors (Lipinski definition) is 0. The first kappa shape index (κ1) is 12.4. The van der Waals surface area contributed by atoms with Crippen LogP contribution in [-0.2, 0) is 0 Å². The first-order valence-corrected chi connectivity index (χ1v) is 6.04. The van der Waals surface area contributed by atoms with Crippen molar-refractivity contribution in [1.29, 1.82) is 0 Å². The number of hydrazone groups is 1. The summed E-state index contributed by atoms with van der Waals surface area (Å²) in [6.45, 7) is 2.14. The van der Waals surface area contributed by atoms with E-state index in [0.29, 0.717) is 0 Å². The summed E-state index contributed by atoms with van der Waals surface area (Å²) in [6.07, 6.45) is 1.86. The number of rotatable bonds is 3. The highest BCUT2D eigenvalue weighted by Crippen LogP contribution is 2.22. The summed E-state index contributed by atoms with van der Waals surface area (Å²) in [7, 11) is 3.83. The zero-order valence-electron chi connectivity index (χ0n) is 11.1. The largest absolute Gasteiger partial charge is 0.303 e. The third-order valence-corrected chi connectivity index (χ3v) is 2.80. The van der Waals surface area contributed by atoms with Gasteiger partial charge in [0.1, 0.15) is 0 Å². The summed E-state index contributed by atoms with van der Waals surface area (Å²) in [5, 5.41) is 6.01. The lowest BCUT2D eigenvalue weighted by Crippen LogP contribution is -2.01. The molecule has 92 valence electrons. The zero-order chi connectivity index (χ0) is 13.0. The molecular formula is C16H18N2. The van der Waals surface area contributed by atoms with Gasteiger partial charge in [0.15, 0.2) is 0 Å². The Morgan fingerprint density at radius 1 is 0.944 bits per heavy atom. The van der Waals surface area contributed by atoms with Gasteiger partial charge in [0, 0.05) is 14.1 Å². The third-order valence-electron chi connectivity index (χ3n) is 2.80. The van der Waals surface area contributed by atoms with Crippen molar-refractivity contribution in [3.8, 4) is 11.1 Å². The van der Waals surface area contributed by atoms with Crippen LogP contribution in [0, 0.1) is 6.92 Å². The summed E-state index contributed by atoms with van der Waals surface area (Å²) < 4.78 is 0. The second kappa shape index (κ2) is 5.50. The standard InChI is InChI=1S/C16H18N2/c1-13-6-4-5-7-16(13)15-10-8-14(9-11-15)12-17-18(2)3/h4-12H,1-3H3. The van der Waals surface area contributed by atoms with Crippen molar-refractivity contribution in [3.63, 3.8) is 0 Å². The molecule has 0 amide bonds. The Labute approximate surface area is 109 Å². The van der Waals surface area contributed by atoms with Crippen LogP contribution in [0.3, 0.4) is 0 Å². The molecule has 0 N–H and O–H groups in total. The fourth-order valence-corrected chi connectivity index (χ4v) is 1.83. The van der Waals surface area contributed by atoms with Crippen molar-refractivity contribution in [2.75, 3.05) is 14.1 Å². The predicted molar refractivity (Wildman–Crippen MR) is 77.9 cm³/mol. The van der Waals surface area contributed by atoms with Crippen LogP contribution in [0.1, 0.15) is 11.1 Å². The van der Waals surface area contributed by atoms with E-state index in [1.165, 1.54) is 16.7 Å². The maximum atomic E-state index is 4.22. The normalized spacial score (nSPS) is 10.8. The van der Waals surface area contributed by atoms with Crippen molar-refractivity contribution in [2.45, 2.75) is 6.92 Å². The molecule has 0 aliphatic rings. The van der Waals surface area contributed by atoms with E-state index >= 15 is 0 Å². The van der Waals surface area contributed by atoms with Gasteiger partial charge >= 0.3 is 0 Å². The van der Waals surface area contributed by atoms with Crippen molar-refractivity contribution < 1.29 is 0 Å². The fourth-order valence-electron chi connectivity index (χ4n) is 1.83. The Morgan fingerprint density at radius 2 is 1.61 bits per heavy atom. The molecule has 0 atom stereocenters. The minimum atomic E-state index is 1.11. The van der Waals surface area contributed by atoms with Crippen LogP contribution in [0.15, 0.2) is 53.6 Å². The first-order chi connectivity index (χ1) is 8.66. The highest BCUT2D eigenvalue weighted by Gasteiger charge is 2.00. The molecular weight excluding hydrogens is 220 g/mol. The van der Waals surface area contributed by atoms with Gasteiger partial charge in [-0.1, -0.05) is 48.5 Å². The highest BCUT2D eigenvalue weighted by molar-refractivity contribution is 5.81. The van der Waals surface area contributed by atoms with Gasteiger partial charge in [-0.05, 0) is 29.2 Å². The molecule has 0 radical (unpaired) electrons. The lowest BCUT2D eigenvalue weighted by atomic mass is 10.00. The van der Waals surface area contributed by atoms with Gasteiger partial charge in [-0.3, -0.25) is 0 Å². The summed E-state index contributed by atoms with van der Waals surface area (Å²) in [6, 6.07) is 16.9. The van der Waals surface area contributed by atoms with E-state index in [1.807, 2.05) is 20.3 Å². The molecule has 0 spiro atoms. The fraction of sp³-hybridized carbons (Fsp3) is 0.188. The summed E-state index contributed by atoms with van der Waals surface area (Å²) in [4.78, 5) is 0. The van der Waals surface area contributed by atoms with E-state index in [1.54, 1.807) is 5.01 Å². The van der Waals surface area contributed by atoms with Gasteiger partial charge in [-0.15, -0.1) is 0 Å². The molecule has 2 aromatic rings. The maximum absolute atomic E-state index is 4.22. The molecule has 2 rings (SSSR count). The van der Waals surface area contributed by atoms with E-state index < -0.39 is 0 Å². The summed E-state index contributed by atoms with van der Waals surface area (Å²) in [5.41, 5.74) is 4.94. The van der Waals surface area contributed by atoms with Crippen LogP contribution >= 0.6 is 0 Å². The Morgan fingerprint density at radius 3 is 2.22 bits per heavy atom.